The molecular formula is C21H23N5O2. The minimum absolute atomic E-state index is 0.0322. The minimum Gasteiger partial charge on any atom is -0.381 e. The van der Waals surface area contributed by atoms with E-state index in [0.717, 1.165) is 67.0 Å². The number of fused-ring (bicyclic) bond motifs is 2. The highest BCUT2D eigenvalue weighted by Gasteiger charge is 2.26. The van der Waals surface area contributed by atoms with Gasteiger partial charge in [-0.2, -0.15) is 0 Å². The minimum atomic E-state index is -0.0322. The van der Waals surface area contributed by atoms with E-state index in [1.807, 2.05) is 18.3 Å². The Labute approximate surface area is 163 Å². The average molecular weight is 377 g/mol. The van der Waals surface area contributed by atoms with Crippen LogP contribution >= 0.6 is 0 Å². The zero-order chi connectivity index (χ0) is 18.9. The van der Waals surface area contributed by atoms with Crippen LogP contribution in [0.3, 0.4) is 0 Å². The molecule has 2 aromatic heterocycles. The van der Waals surface area contributed by atoms with Crippen molar-refractivity contribution in [2.75, 3.05) is 36.5 Å². The molecule has 0 unspecified atom stereocenters. The molecule has 1 amide bonds. The van der Waals surface area contributed by atoms with Gasteiger partial charge < -0.3 is 19.9 Å². The van der Waals surface area contributed by atoms with Gasteiger partial charge in [0.2, 0.25) is 5.91 Å². The second-order valence-corrected chi connectivity index (χ2v) is 7.52. The van der Waals surface area contributed by atoms with E-state index in [4.69, 9.17) is 9.72 Å². The highest BCUT2D eigenvalue weighted by atomic mass is 16.5. The summed E-state index contributed by atoms with van der Waals surface area (Å²) in [6.45, 7) is 2.81. The standard InChI is InChI=1S/C21H23N5O2/c27-19-13-26(8-4-14-5-9-28-10-6-14)21-20(25-19)23-12-18(24-21)15-1-2-17-16(11-15)3-7-22-17/h1-3,7,11-12,14,22H,4-6,8-10,13H2,(H,23,25,27). The largest absolute Gasteiger partial charge is 0.381 e. The van der Waals surface area contributed by atoms with Gasteiger partial charge in [-0.15, -0.1) is 0 Å². The van der Waals surface area contributed by atoms with Gasteiger partial charge in [0.15, 0.2) is 11.6 Å². The number of nitrogens with zero attached hydrogens (tertiary/aromatic N) is 3. The molecule has 1 aromatic carbocycles. The van der Waals surface area contributed by atoms with Crippen LogP contribution in [0.2, 0.25) is 0 Å². The molecule has 0 saturated carbocycles. The van der Waals surface area contributed by atoms with Crippen molar-refractivity contribution in [1.82, 2.24) is 15.0 Å². The molecule has 2 aliphatic heterocycles. The number of hydrogen-bond donors (Lipinski definition) is 2. The van der Waals surface area contributed by atoms with Crippen LogP contribution in [0, 0.1) is 5.92 Å². The number of aromatic nitrogens is 3. The van der Waals surface area contributed by atoms with Crippen LogP contribution in [0.15, 0.2) is 36.7 Å². The lowest BCUT2D eigenvalue weighted by Crippen LogP contribution is -2.40. The summed E-state index contributed by atoms with van der Waals surface area (Å²) in [6.07, 6.45) is 6.89. The van der Waals surface area contributed by atoms with Gasteiger partial charge in [-0.1, -0.05) is 6.07 Å². The Kier molecular flexibility index (Phi) is 4.44. The molecule has 7 nitrogen and oxygen atoms in total. The van der Waals surface area contributed by atoms with Gasteiger partial charge in [0.25, 0.3) is 0 Å². The molecule has 4 heterocycles. The first-order valence-electron chi connectivity index (χ1n) is 9.83. The number of benzene rings is 1. The number of ether oxygens (including phenoxy) is 1. The van der Waals surface area contributed by atoms with Gasteiger partial charge in [0.1, 0.15) is 0 Å². The van der Waals surface area contributed by atoms with Crippen LogP contribution in [0.4, 0.5) is 11.6 Å². The molecule has 0 bridgehead atoms. The van der Waals surface area contributed by atoms with E-state index in [0.29, 0.717) is 18.3 Å². The van der Waals surface area contributed by atoms with E-state index in [-0.39, 0.29) is 5.91 Å². The predicted molar refractivity (Wildman–Crippen MR) is 108 cm³/mol. The first-order valence-corrected chi connectivity index (χ1v) is 9.83. The maximum Gasteiger partial charge on any atom is 0.245 e. The van der Waals surface area contributed by atoms with Gasteiger partial charge in [0.05, 0.1) is 18.4 Å². The van der Waals surface area contributed by atoms with Gasteiger partial charge in [-0.25, -0.2) is 9.97 Å². The van der Waals surface area contributed by atoms with Crippen LogP contribution in [0.1, 0.15) is 19.3 Å². The molecule has 1 fully saturated rings. The molecule has 2 aliphatic rings. The Morgan fingerprint density at radius 3 is 3.00 bits per heavy atom. The van der Waals surface area contributed by atoms with Crippen LogP contribution in [0.25, 0.3) is 22.2 Å². The Morgan fingerprint density at radius 1 is 1.21 bits per heavy atom. The number of carbonyl (C=O) groups is 1. The fourth-order valence-corrected chi connectivity index (χ4v) is 4.02. The van der Waals surface area contributed by atoms with Crippen molar-refractivity contribution < 1.29 is 9.53 Å². The number of H-pyrrole nitrogens is 1. The van der Waals surface area contributed by atoms with Gasteiger partial charge >= 0.3 is 0 Å². The van der Waals surface area contributed by atoms with Gasteiger partial charge in [-0.05, 0) is 43.4 Å². The third-order valence-corrected chi connectivity index (χ3v) is 5.64. The molecule has 2 N–H and O–H groups in total. The molecule has 3 aromatic rings. The summed E-state index contributed by atoms with van der Waals surface area (Å²) in [7, 11) is 0. The van der Waals surface area contributed by atoms with E-state index in [2.05, 4.69) is 32.3 Å². The molecule has 28 heavy (non-hydrogen) atoms. The van der Waals surface area contributed by atoms with Crippen molar-refractivity contribution in [3.05, 3.63) is 36.7 Å². The summed E-state index contributed by atoms with van der Waals surface area (Å²) in [6, 6.07) is 8.25. The quantitative estimate of drug-likeness (QED) is 0.730. The van der Waals surface area contributed by atoms with Gasteiger partial charge in [0, 0.05) is 42.4 Å². The molecular weight excluding hydrogens is 354 g/mol. The third-order valence-electron chi connectivity index (χ3n) is 5.64. The Bertz CT molecular complexity index is 1010. The lowest BCUT2D eigenvalue weighted by Gasteiger charge is -2.31. The number of anilines is 2. The van der Waals surface area contributed by atoms with E-state index in [1.165, 1.54) is 0 Å². The molecule has 0 aliphatic carbocycles. The van der Waals surface area contributed by atoms with Crippen molar-refractivity contribution in [3.63, 3.8) is 0 Å². The summed E-state index contributed by atoms with van der Waals surface area (Å²) in [4.78, 5) is 26.7. The third kappa shape index (κ3) is 3.33. The fourth-order valence-electron chi connectivity index (χ4n) is 4.02. The second-order valence-electron chi connectivity index (χ2n) is 7.52. The van der Waals surface area contributed by atoms with E-state index >= 15 is 0 Å². The maximum atomic E-state index is 12.1. The zero-order valence-electron chi connectivity index (χ0n) is 15.6. The molecule has 144 valence electrons. The highest BCUT2D eigenvalue weighted by molar-refractivity contribution is 5.99. The molecule has 0 radical (unpaired) electrons. The first-order chi connectivity index (χ1) is 13.8. The summed E-state index contributed by atoms with van der Waals surface area (Å²) < 4.78 is 5.45. The average Bonchev–Trinajstić information content (AvgIpc) is 3.20. The molecule has 7 heteroatoms. The van der Waals surface area contributed by atoms with Crippen molar-refractivity contribution in [2.45, 2.75) is 19.3 Å². The Hall–Kier alpha value is -2.93. The number of amides is 1. The Balaban J connectivity index is 1.42. The number of carbonyl (C=O) groups excluding carboxylic acids is 1. The predicted octanol–water partition coefficient (Wildman–Crippen LogP) is 3.20. The smallest absolute Gasteiger partial charge is 0.245 e. The Morgan fingerprint density at radius 2 is 2.11 bits per heavy atom. The first kappa shape index (κ1) is 17.2. The molecule has 0 atom stereocenters. The van der Waals surface area contributed by atoms with Crippen LogP contribution in [-0.4, -0.2) is 47.2 Å². The van der Waals surface area contributed by atoms with Crippen LogP contribution in [0.5, 0.6) is 0 Å². The zero-order valence-corrected chi connectivity index (χ0v) is 15.6. The lowest BCUT2D eigenvalue weighted by atomic mass is 9.96. The molecule has 0 spiro atoms. The normalized spacial score (nSPS) is 17.6. The SMILES string of the molecule is O=C1CN(CCC2CCOCC2)c2nc(-c3ccc4[nH]ccc4c3)cnc2N1. The van der Waals surface area contributed by atoms with Crippen molar-refractivity contribution >= 4 is 28.4 Å². The maximum absolute atomic E-state index is 12.1. The van der Waals surface area contributed by atoms with Crippen LogP contribution < -0.4 is 10.2 Å². The fraction of sp³-hybridized carbons (Fsp3) is 0.381. The van der Waals surface area contributed by atoms with Crippen molar-refractivity contribution in [3.8, 4) is 11.3 Å². The highest BCUT2D eigenvalue weighted by Crippen LogP contribution is 2.30. The summed E-state index contributed by atoms with van der Waals surface area (Å²) in [5, 5.41) is 3.99. The number of nitrogens with one attached hydrogen (secondary N) is 2. The molecule has 1 saturated heterocycles. The van der Waals surface area contributed by atoms with Gasteiger partial charge in [-0.3, -0.25) is 4.79 Å². The van der Waals surface area contributed by atoms with Crippen molar-refractivity contribution in [1.29, 1.82) is 0 Å². The summed E-state index contributed by atoms with van der Waals surface area (Å²) in [5.41, 5.74) is 2.93. The van der Waals surface area contributed by atoms with Crippen LogP contribution in [-0.2, 0) is 9.53 Å². The number of rotatable bonds is 4. The summed E-state index contributed by atoms with van der Waals surface area (Å²) >= 11 is 0. The molecule has 5 rings (SSSR count). The van der Waals surface area contributed by atoms with E-state index < -0.39 is 0 Å². The van der Waals surface area contributed by atoms with E-state index in [9.17, 15) is 4.79 Å². The topological polar surface area (TPSA) is 83.1 Å². The van der Waals surface area contributed by atoms with E-state index in [1.54, 1.807) is 6.20 Å². The lowest BCUT2D eigenvalue weighted by molar-refractivity contribution is -0.115. The second kappa shape index (κ2) is 7.24. The number of aromatic amines is 1. The van der Waals surface area contributed by atoms with Crippen molar-refractivity contribution in [2.24, 2.45) is 5.92 Å². The number of hydrogen-bond acceptors (Lipinski definition) is 5. The summed E-state index contributed by atoms with van der Waals surface area (Å²) in [5.74, 6) is 1.93. The monoisotopic (exact) mass is 377 g/mol.